The Bertz CT molecular complexity index is 696. The summed E-state index contributed by atoms with van der Waals surface area (Å²) in [6.45, 7) is 6.08. The zero-order valence-corrected chi connectivity index (χ0v) is 14.9. The van der Waals surface area contributed by atoms with E-state index in [4.69, 9.17) is 17.0 Å². The fourth-order valence-corrected chi connectivity index (χ4v) is 2.19. The van der Waals surface area contributed by atoms with E-state index in [9.17, 15) is 4.79 Å². The molecule has 0 saturated heterocycles. The van der Waals surface area contributed by atoms with Crippen LogP contribution in [0.4, 0.5) is 5.69 Å². The number of anilines is 1. The normalized spacial score (nSPS) is 11.5. The van der Waals surface area contributed by atoms with E-state index in [-0.39, 0.29) is 17.1 Å². The smallest absolute Gasteiger partial charge is 0.257 e. The van der Waals surface area contributed by atoms with Crippen LogP contribution in [0.2, 0.25) is 0 Å². The van der Waals surface area contributed by atoms with Gasteiger partial charge in [-0.3, -0.25) is 10.1 Å². The van der Waals surface area contributed by atoms with Gasteiger partial charge in [0.1, 0.15) is 5.75 Å². The van der Waals surface area contributed by atoms with Crippen LogP contribution >= 0.6 is 12.2 Å². The molecule has 0 bridgehead atoms. The second kappa shape index (κ2) is 8.45. The molecular formula is C19H22N2O2S. The molecule has 2 N–H and O–H groups in total. The molecule has 0 radical (unpaired) electrons. The summed E-state index contributed by atoms with van der Waals surface area (Å²) in [6.07, 6.45) is 1.13. The number of nitrogens with one attached hydrogen (secondary N) is 2. The topological polar surface area (TPSA) is 50.4 Å². The van der Waals surface area contributed by atoms with Gasteiger partial charge in [0.25, 0.3) is 5.91 Å². The molecule has 4 nitrogen and oxygen atoms in total. The van der Waals surface area contributed by atoms with E-state index in [0.717, 1.165) is 23.4 Å². The van der Waals surface area contributed by atoms with Gasteiger partial charge in [-0.2, -0.15) is 0 Å². The van der Waals surface area contributed by atoms with E-state index in [1.807, 2.05) is 50.2 Å². The maximum Gasteiger partial charge on any atom is 0.257 e. The van der Waals surface area contributed by atoms with Gasteiger partial charge in [-0.1, -0.05) is 24.6 Å². The first kappa shape index (κ1) is 17.9. The third-order valence-electron chi connectivity index (χ3n) is 3.57. The highest BCUT2D eigenvalue weighted by Crippen LogP contribution is 2.17. The summed E-state index contributed by atoms with van der Waals surface area (Å²) < 4.78 is 5.73. The number of carbonyl (C=O) groups is 1. The van der Waals surface area contributed by atoms with Crippen molar-refractivity contribution in [2.24, 2.45) is 0 Å². The van der Waals surface area contributed by atoms with Crippen molar-refractivity contribution in [3.05, 3.63) is 59.7 Å². The second-order valence-corrected chi connectivity index (χ2v) is 6.04. The Kier molecular flexibility index (Phi) is 6.32. The van der Waals surface area contributed by atoms with Gasteiger partial charge >= 0.3 is 0 Å². The Morgan fingerprint density at radius 2 is 1.75 bits per heavy atom. The highest BCUT2D eigenvalue weighted by molar-refractivity contribution is 7.80. The molecule has 0 aliphatic heterocycles. The molecule has 0 aromatic heterocycles. The second-order valence-electron chi connectivity index (χ2n) is 5.64. The van der Waals surface area contributed by atoms with Crippen LogP contribution < -0.4 is 15.4 Å². The van der Waals surface area contributed by atoms with Crippen LogP contribution in [0, 0.1) is 6.92 Å². The van der Waals surface area contributed by atoms with E-state index < -0.39 is 0 Å². The van der Waals surface area contributed by atoms with Crippen molar-refractivity contribution in [2.45, 2.75) is 33.3 Å². The minimum atomic E-state index is -0.232. The molecule has 0 aliphatic carbocycles. The Morgan fingerprint density at radius 3 is 2.33 bits per heavy atom. The number of rotatable bonds is 5. The van der Waals surface area contributed by atoms with Crippen molar-refractivity contribution >= 4 is 28.9 Å². The molecule has 0 fully saturated rings. The van der Waals surface area contributed by atoms with Crippen molar-refractivity contribution in [1.29, 1.82) is 0 Å². The van der Waals surface area contributed by atoms with Gasteiger partial charge in [0.15, 0.2) is 5.11 Å². The predicted molar refractivity (Wildman–Crippen MR) is 102 cm³/mol. The standard InChI is InChI=1S/C19H22N2O2S/c1-4-14(3)23-17-11-9-16(10-12-17)20-19(24)21-18(22)15-7-5-13(2)6-8-15/h5-12,14H,4H2,1-3H3,(H2,20,21,22,24). The summed E-state index contributed by atoms with van der Waals surface area (Å²) in [7, 11) is 0. The monoisotopic (exact) mass is 342 g/mol. The van der Waals surface area contributed by atoms with Crippen molar-refractivity contribution in [3.63, 3.8) is 0 Å². The van der Waals surface area contributed by atoms with Crippen molar-refractivity contribution < 1.29 is 9.53 Å². The van der Waals surface area contributed by atoms with E-state index in [1.54, 1.807) is 12.1 Å². The van der Waals surface area contributed by atoms with Gasteiger partial charge in [0.2, 0.25) is 0 Å². The Morgan fingerprint density at radius 1 is 1.12 bits per heavy atom. The summed E-state index contributed by atoms with van der Waals surface area (Å²) in [4.78, 5) is 12.1. The largest absolute Gasteiger partial charge is 0.491 e. The van der Waals surface area contributed by atoms with Gasteiger partial charge in [-0.05, 0) is 68.9 Å². The molecule has 0 aliphatic rings. The SMILES string of the molecule is CCC(C)Oc1ccc(NC(=S)NC(=O)c2ccc(C)cc2)cc1. The number of amides is 1. The van der Waals surface area contributed by atoms with Crippen LogP contribution in [0.1, 0.15) is 36.2 Å². The lowest BCUT2D eigenvalue weighted by atomic mass is 10.1. The maximum atomic E-state index is 12.1. The van der Waals surface area contributed by atoms with Crippen LogP contribution in [0.5, 0.6) is 5.75 Å². The average Bonchev–Trinajstić information content (AvgIpc) is 2.57. The molecule has 1 unspecified atom stereocenters. The van der Waals surface area contributed by atoms with E-state index in [0.29, 0.717) is 5.56 Å². The fourth-order valence-electron chi connectivity index (χ4n) is 1.98. The predicted octanol–water partition coefficient (Wildman–Crippen LogP) is 4.30. The third-order valence-corrected chi connectivity index (χ3v) is 3.77. The minimum absolute atomic E-state index is 0.179. The van der Waals surface area contributed by atoms with Crippen molar-refractivity contribution in [2.75, 3.05) is 5.32 Å². The lowest BCUT2D eigenvalue weighted by Crippen LogP contribution is -2.34. The van der Waals surface area contributed by atoms with Gasteiger partial charge in [-0.25, -0.2) is 0 Å². The van der Waals surface area contributed by atoms with Gasteiger partial charge in [-0.15, -0.1) is 0 Å². The zero-order valence-electron chi connectivity index (χ0n) is 14.1. The first-order chi connectivity index (χ1) is 11.5. The van der Waals surface area contributed by atoms with Crippen LogP contribution in [-0.4, -0.2) is 17.1 Å². The van der Waals surface area contributed by atoms with E-state index >= 15 is 0 Å². The summed E-state index contributed by atoms with van der Waals surface area (Å²) >= 11 is 5.19. The third kappa shape index (κ3) is 5.35. The lowest BCUT2D eigenvalue weighted by Gasteiger charge is -2.13. The van der Waals surface area contributed by atoms with Gasteiger partial charge in [0.05, 0.1) is 6.10 Å². The molecule has 2 aromatic rings. The lowest BCUT2D eigenvalue weighted by molar-refractivity contribution is 0.0977. The fraction of sp³-hybridized carbons (Fsp3) is 0.263. The highest BCUT2D eigenvalue weighted by atomic mass is 32.1. The quantitative estimate of drug-likeness (QED) is 0.796. The minimum Gasteiger partial charge on any atom is -0.491 e. The number of ether oxygens (including phenoxy) is 1. The molecule has 126 valence electrons. The molecule has 0 saturated carbocycles. The number of hydrogen-bond acceptors (Lipinski definition) is 3. The molecule has 2 aromatic carbocycles. The van der Waals surface area contributed by atoms with Crippen molar-refractivity contribution in [3.8, 4) is 5.75 Å². The number of carbonyl (C=O) groups excluding carboxylic acids is 1. The van der Waals surface area contributed by atoms with Crippen LogP contribution in [0.3, 0.4) is 0 Å². The zero-order chi connectivity index (χ0) is 17.5. The van der Waals surface area contributed by atoms with Gasteiger partial charge < -0.3 is 10.1 Å². The van der Waals surface area contributed by atoms with E-state index in [2.05, 4.69) is 17.6 Å². The van der Waals surface area contributed by atoms with E-state index in [1.165, 1.54) is 0 Å². The summed E-state index contributed by atoms with van der Waals surface area (Å²) in [5.74, 6) is 0.578. The Labute approximate surface area is 148 Å². The molecule has 1 amide bonds. The molecule has 24 heavy (non-hydrogen) atoms. The number of hydrogen-bond donors (Lipinski definition) is 2. The average molecular weight is 342 g/mol. The van der Waals surface area contributed by atoms with Crippen LogP contribution in [0.25, 0.3) is 0 Å². The first-order valence-corrected chi connectivity index (χ1v) is 8.34. The Balaban J connectivity index is 1.90. The molecule has 1 atom stereocenters. The number of aryl methyl sites for hydroxylation is 1. The number of benzene rings is 2. The summed E-state index contributed by atoms with van der Waals surface area (Å²) in [5, 5.41) is 5.92. The number of thiocarbonyl (C=S) groups is 1. The van der Waals surface area contributed by atoms with Crippen LogP contribution in [-0.2, 0) is 0 Å². The summed E-state index contributed by atoms with van der Waals surface area (Å²) in [6, 6.07) is 14.8. The molecule has 2 rings (SSSR count). The van der Waals surface area contributed by atoms with Crippen LogP contribution in [0.15, 0.2) is 48.5 Å². The van der Waals surface area contributed by atoms with Crippen molar-refractivity contribution in [1.82, 2.24) is 5.32 Å². The highest BCUT2D eigenvalue weighted by Gasteiger charge is 2.08. The molecule has 0 spiro atoms. The molecular weight excluding hydrogens is 320 g/mol. The Hall–Kier alpha value is -2.40. The first-order valence-electron chi connectivity index (χ1n) is 7.93. The summed E-state index contributed by atoms with van der Waals surface area (Å²) in [5.41, 5.74) is 2.47. The van der Waals surface area contributed by atoms with Gasteiger partial charge in [0, 0.05) is 11.3 Å². The molecule has 0 heterocycles. The molecule has 5 heteroatoms. The maximum absolute atomic E-state index is 12.1.